The summed E-state index contributed by atoms with van der Waals surface area (Å²) in [6.45, 7) is 4.15. The Labute approximate surface area is 109 Å². The van der Waals surface area contributed by atoms with E-state index in [1.807, 2.05) is 12.1 Å². The highest BCUT2D eigenvalue weighted by Crippen LogP contribution is 2.15. The molecule has 0 amide bonds. The summed E-state index contributed by atoms with van der Waals surface area (Å²) in [5, 5.41) is 12.8. The van der Waals surface area contributed by atoms with Gasteiger partial charge in [0.1, 0.15) is 5.75 Å². The van der Waals surface area contributed by atoms with Crippen LogP contribution in [0.15, 0.2) is 24.3 Å². The van der Waals surface area contributed by atoms with E-state index >= 15 is 0 Å². The standard InChI is InChI=1S/C15H23NO2/c1-12(11-13-4-6-14(17)7-5-13)16-9-8-15-3-2-10-18-15/h4-7,12,15-17H,2-3,8-11H2,1H3. The zero-order chi connectivity index (χ0) is 12.8. The first-order valence-electron chi connectivity index (χ1n) is 6.87. The van der Waals surface area contributed by atoms with Gasteiger partial charge in [-0.25, -0.2) is 0 Å². The minimum absolute atomic E-state index is 0.331. The molecule has 0 spiro atoms. The largest absolute Gasteiger partial charge is 0.508 e. The minimum Gasteiger partial charge on any atom is -0.508 e. The van der Waals surface area contributed by atoms with Crippen LogP contribution in [-0.2, 0) is 11.2 Å². The molecule has 1 saturated heterocycles. The molecule has 1 aromatic carbocycles. The first-order valence-corrected chi connectivity index (χ1v) is 6.87. The smallest absolute Gasteiger partial charge is 0.115 e. The van der Waals surface area contributed by atoms with Crippen molar-refractivity contribution in [2.75, 3.05) is 13.2 Å². The Morgan fingerprint density at radius 3 is 2.83 bits per heavy atom. The SMILES string of the molecule is CC(Cc1ccc(O)cc1)NCCC1CCCO1. The third-order valence-corrected chi connectivity index (χ3v) is 3.46. The van der Waals surface area contributed by atoms with Crippen molar-refractivity contribution < 1.29 is 9.84 Å². The minimum atomic E-state index is 0.331. The average molecular weight is 249 g/mol. The number of rotatable bonds is 6. The number of aromatic hydroxyl groups is 1. The van der Waals surface area contributed by atoms with Crippen LogP contribution in [-0.4, -0.2) is 30.4 Å². The average Bonchev–Trinajstić information content (AvgIpc) is 2.85. The number of benzene rings is 1. The van der Waals surface area contributed by atoms with Gasteiger partial charge in [0.25, 0.3) is 0 Å². The van der Waals surface area contributed by atoms with Gasteiger partial charge in [-0.2, -0.15) is 0 Å². The van der Waals surface area contributed by atoms with Crippen molar-refractivity contribution in [3.8, 4) is 5.75 Å². The van der Waals surface area contributed by atoms with Crippen LogP contribution in [0.3, 0.4) is 0 Å². The Balaban J connectivity index is 1.65. The fraction of sp³-hybridized carbons (Fsp3) is 0.600. The molecule has 2 unspecified atom stereocenters. The summed E-state index contributed by atoms with van der Waals surface area (Å²) in [5.74, 6) is 0.331. The summed E-state index contributed by atoms with van der Waals surface area (Å²) in [5.41, 5.74) is 1.25. The first-order chi connectivity index (χ1) is 8.74. The normalized spacial score (nSPS) is 21.1. The predicted molar refractivity (Wildman–Crippen MR) is 72.9 cm³/mol. The lowest BCUT2D eigenvalue weighted by Crippen LogP contribution is -2.30. The lowest BCUT2D eigenvalue weighted by Gasteiger charge is -2.15. The van der Waals surface area contributed by atoms with Gasteiger partial charge in [0, 0.05) is 12.6 Å². The van der Waals surface area contributed by atoms with Crippen molar-refractivity contribution in [2.24, 2.45) is 0 Å². The maximum absolute atomic E-state index is 9.22. The number of hydrogen-bond donors (Lipinski definition) is 2. The third kappa shape index (κ3) is 4.31. The maximum Gasteiger partial charge on any atom is 0.115 e. The molecule has 0 saturated carbocycles. The molecule has 0 aromatic heterocycles. The molecule has 18 heavy (non-hydrogen) atoms. The van der Waals surface area contributed by atoms with Crippen LogP contribution < -0.4 is 5.32 Å². The molecule has 1 fully saturated rings. The molecule has 0 bridgehead atoms. The van der Waals surface area contributed by atoms with Crippen molar-refractivity contribution in [1.29, 1.82) is 0 Å². The predicted octanol–water partition coefficient (Wildman–Crippen LogP) is 2.48. The Bertz CT molecular complexity index is 344. The van der Waals surface area contributed by atoms with Crippen LogP contribution in [0, 0.1) is 0 Å². The molecule has 3 nitrogen and oxygen atoms in total. The number of phenolic OH excluding ortho intramolecular Hbond substituents is 1. The summed E-state index contributed by atoms with van der Waals surface area (Å²) in [6.07, 6.45) is 5.01. The summed E-state index contributed by atoms with van der Waals surface area (Å²) in [4.78, 5) is 0. The lowest BCUT2D eigenvalue weighted by atomic mass is 10.1. The van der Waals surface area contributed by atoms with Gasteiger partial charge in [0.2, 0.25) is 0 Å². The molecule has 2 N–H and O–H groups in total. The van der Waals surface area contributed by atoms with Gasteiger partial charge in [-0.3, -0.25) is 0 Å². The molecule has 1 heterocycles. The van der Waals surface area contributed by atoms with E-state index in [4.69, 9.17) is 4.74 Å². The van der Waals surface area contributed by atoms with Crippen molar-refractivity contribution in [1.82, 2.24) is 5.32 Å². The van der Waals surface area contributed by atoms with Crippen LogP contribution in [0.25, 0.3) is 0 Å². The van der Waals surface area contributed by atoms with Crippen molar-refractivity contribution >= 4 is 0 Å². The molecule has 100 valence electrons. The van der Waals surface area contributed by atoms with E-state index in [9.17, 15) is 5.11 Å². The number of phenols is 1. The number of ether oxygens (including phenoxy) is 1. The fourth-order valence-electron chi connectivity index (χ4n) is 2.42. The summed E-state index contributed by atoms with van der Waals surface area (Å²) < 4.78 is 5.60. The second kappa shape index (κ2) is 6.76. The highest BCUT2D eigenvalue weighted by atomic mass is 16.5. The monoisotopic (exact) mass is 249 g/mol. The van der Waals surface area contributed by atoms with Crippen LogP contribution in [0.2, 0.25) is 0 Å². The second-order valence-electron chi connectivity index (χ2n) is 5.15. The van der Waals surface area contributed by atoms with Crippen molar-refractivity contribution in [3.63, 3.8) is 0 Å². The molecule has 1 aliphatic heterocycles. The Kier molecular flexibility index (Phi) is 5.02. The zero-order valence-electron chi connectivity index (χ0n) is 11.1. The van der Waals surface area contributed by atoms with E-state index in [0.29, 0.717) is 17.9 Å². The highest BCUT2D eigenvalue weighted by molar-refractivity contribution is 5.26. The molecule has 0 aliphatic carbocycles. The van der Waals surface area contributed by atoms with Gasteiger partial charge >= 0.3 is 0 Å². The quantitative estimate of drug-likeness (QED) is 0.814. The van der Waals surface area contributed by atoms with Gasteiger partial charge in [0.05, 0.1) is 6.10 Å². The van der Waals surface area contributed by atoms with Gasteiger partial charge in [-0.15, -0.1) is 0 Å². The first kappa shape index (κ1) is 13.4. The molecule has 2 atom stereocenters. The molecule has 2 rings (SSSR count). The molecule has 3 heteroatoms. The summed E-state index contributed by atoms with van der Waals surface area (Å²) >= 11 is 0. The van der Waals surface area contributed by atoms with Crippen molar-refractivity contribution in [3.05, 3.63) is 29.8 Å². The fourth-order valence-corrected chi connectivity index (χ4v) is 2.42. The van der Waals surface area contributed by atoms with Crippen molar-refractivity contribution in [2.45, 2.75) is 44.8 Å². The highest BCUT2D eigenvalue weighted by Gasteiger charge is 2.15. The molecule has 1 aromatic rings. The molecular formula is C15H23NO2. The van der Waals surface area contributed by atoms with Gasteiger partial charge in [0.15, 0.2) is 0 Å². The van der Waals surface area contributed by atoms with E-state index in [0.717, 1.165) is 26.0 Å². The van der Waals surface area contributed by atoms with E-state index in [1.54, 1.807) is 12.1 Å². The summed E-state index contributed by atoms with van der Waals surface area (Å²) in [7, 11) is 0. The zero-order valence-corrected chi connectivity index (χ0v) is 11.1. The maximum atomic E-state index is 9.22. The number of nitrogens with one attached hydrogen (secondary N) is 1. The van der Waals surface area contributed by atoms with Gasteiger partial charge in [-0.1, -0.05) is 12.1 Å². The van der Waals surface area contributed by atoms with E-state index in [2.05, 4.69) is 12.2 Å². The summed E-state index contributed by atoms with van der Waals surface area (Å²) in [6, 6.07) is 7.90. The molecule has 0 radical (unpaired) electrons. The number of hydrogen-bond acceptors (Lipinski definition) is 3. The van der Waals surface area contributed by atoms with Gasteiger partial charge in [-0.05, 0) is 56.8 Å². The van der Waals surface area contributed by atoms with Crippen LogP contribution in [0.5, 0.6) is 5.75 Å². The van der Waals surface area contributed by atoms with E-state index < -0.39 is 0 Å². The van der Waals surface area contributed by atoms with Crippen LogP contribution >= 0.6 is 0 Å². The second-order valence-corrected chi connectivity index (χ2v) is 5.15. The Morgan fingerprint density at radius 1 is 1.39 bits per heavy atom. The molecular weight excluding hydrogens is 226 g/mol. The topological polar surface area (TPSA) is 41.5 Å². The van der Waals surface area contributed by atoms with E-state index in [1.165, 1.54) is 18.4 Å². The molecule has 1 aliphatic rings. The van der Waals surface area contributed by atoms with E-state index in [-0.39, 0.29) is 0 Å². The Morgan fingerprint density at radius 2 is 2.17 bits per heavy atom. The van der Waals surface area contributed by atoms with Crippen LogP contribution in [0.1, 0.15) is 31.7 Å². The lowest BCUT2D eigenvalue weighted by molar-refractivity contribution is 0.103. The third-order valence-electron chi connectivity index (χ3n) is 3.46. The van der Waals surface area contributed by atoms with Gasteiger partial charge < -0.3 is 15.2 Å². The Hall–Kier alpha value is -1.06. The van der Waals surface area contributed by atoms with Crippen LogP contribution in [0.4, 0.5) is 0 Å².